The van der Waals surface area contributed by atoms with Crippen molar-refractivity contribution in [2.75, 3.05) is 0 Å². The minimum Gasteiger partial charge on any atom is -0.445 e. The maximum absolute atomic E-state index is 11.9. The van der Waals surface area contributed by atoms with Crippen molar-refractivity contribution in [2.24, 2.45) is 0 Å². The molecule has 2 atom stereocenters. The van der Waals surface area contributed by atoms with Crippen LogP contribution < -0.4 is 5.32 Å². The van der Waals surface area contributed by atoms with Crippen LogP contribution in [0.25, 0.3) is 0 Å². The monoisotopic (exact) mass is 283 g/mol. The number of carbonyl (C=O) groups is 1. The molecule has 108 valence electrons. The molecule has 0 radical (unpaired) electrons. The fraction of sp³-hybridized carbons (Fsp3) is 0.235. The number of benzene rings is 2. The molecule has 1 aliphatic rings. The molecule has 0 unspecified atom stereocenters. The summed E-state index contributed by atoms with van der Waals surface area (Å²) in [5, 5.41) is 12.8. The normalized spacial score (nSPS) is 19.9. The van der Waals surface area contributed by atoms with Crippen LogP contribution in [0.2, 0.25) is 0 Å². The molecular formula is C17H17NO3. The zero-order chi connectivity index (χ0) is 14.7. The van der Waals surface area contributed by atoms with Crippen LogP contribution in [0.5, 0.6) is 0 Å². The van der Waals surface area contributed by atoms with Gasteiger partial charge in [0.25, 0.3) is 0 Å². The summed E-state index contributed by atoms with van der Waals surface area (Å²) < 4.78 is 5.19. The van der Waals surface area contributed by atoms with E-state index in [1.165, 1.54) is 0 Å². The Balaban J connectivity index is 1.60. The highest BCUT2D eigenvalue weighted by molar-refractivity contribution is 5.68. The first-order valence-electron chi connectivity index (χ1n) is 6.97. The van der Waals surface area contributed by atoms with Gasteiger partial charge in [0.1, 0.15) is 6.61 Å². The maximum atomic E-state index is 11.9. The van der Waals surface area contributed by atoms with Gasteiger partial charge in [-0.3, -0.25) is 0 Å². The zero-order valence-corrected chi connectivity index (χ0v) is 11.5. The van der Waals surface area contributed by atoms with Gasteiger partial charge in [0.05, 0.1) is 12.1 Å². The first kappa shape index (κ1) is 13.6. The Bertz CT molecular complexity index is 627. The van der Waals surface area contributed by atoms with Gasteiger partial charge in [-0.05, 0) is 16.7 Å². The molecule has 0 aromatic heterocycles. The molecule has 2 aromatic rings. The lowest BCUT2D eigenvalue weighted by atomic mass is 10.1. The third-order valence-electron chi connectivity index (χ3n) is 3.69. The number of aliphatic hydroxyl groups is 1. The number of hydrogen-bond acceptors (Lipinski definition) is 3. The maximum Gasteiger partial charge on any atom is 0.408 e. The summed E-state index contributed by atoms with van der Waals surface area (Å²) in [6, 6.07) is 16.8. The Morgan fingerprint density at radius 1 is 1.14 bits per heavy atom. The highest BCUT2D eigenvalue weighted by Gasteiger charge is 2.32. The quantitative estimate of drug-likeness (QED) is 0.910. The van der Waals surface area contributed by atoms with Crippen molar-refractivity contribution in [1.82, 2.24) is 5.32 Å². The number of nitrogens with one attached hydrogen (secondary N) is 1. The summed E-state index contributed by atoms with van der Waals surface area (Å²) >= 11 is 0. The number of hydrogen-bond donors (Lipinski definition) is 2. The van der Waals surface area contributed by atoms with Crippen molar-refractivity contribution >= 4 is 6.09 Å². The molecule has 4 nitrogen and oxygen atoms in total. The van der Waals surface area contributed by atoms with Crippen molar-refractivity contribution in [1.29, 1.82) is 0 Å². The number of alkyl carbamates (subject to hydrolysis) is 1. The van der Waals surface area contributed by atoms with Crippen LogP contribution in [0.15, 0.2) is 54.6 Å². The van der Waals surface area contributed by atoms with Crippen molar-refractivity contribution < 1.29 is 14.6 Å². The van der Waals surface area contributed by atoms with E-state index in [0.29, 0.717) is 6.42 Å². The third kappa shape index (κ3) is 3.06. The van der Waals surface area contributed by atoms with Crippen LogP contribution in [0.1, 0.15) is 22.7 Å². The average molecular weight is 283 g/mol. The van der Waals surface area contributed by atoms with Gasteiger partial charge < -0.3 is 15.2 Å². The standard InChI is InChI=1S/C17H17NO3/c19-15-10-13-8-4-5-9-14(13)16(15)18-17(20)21-11-12-6-2-1-3-7-12/h1-9,15-16,19H,10-11H2,(H,18,20)/t15-,16-/m1/s1. The summed E-state index contributed by atoms with van der Waals surface area (Å²) in [6.07, 6.45) is -0.564. The fourth-order valence-electron chi connectivity index (χ4n) is 2.64. The molecule has 4 heteroatoms. The van der Waals surface area contributed by atoms with Crippen molar-refractivity contribution in [3.63, 3.8) is 0 Å². The molecule has 0 fully saturated rings. The van der Waals surface area contributed by atoms with E-state index in [1.54, 1.807) is 0 Å². The lowest BCUT2D eigenvalue weighted by Crippen LogP contribution is -2.34. The average Bonchev–Trinajstić information content (AvgIpc) is 2.82. The van der Waals surface area contributed by atoms with E-state index < -0.39 is 18.2 Å². The van der Waals surface area contributed by atoms with Gasteiger partial charge in [-0.2, -0.15) is 0 Å². The molecule has 0 heterocycles. The number of fused-ring (bicyclic) bond motifs is 1. The highest BCUT2D eigenvalue weighted by Crippen LogP contribution is 2.31. The van der Waals surface area contributed by atoms with Crippen molar-refractivity contribution in [3.05, 3.63) is 71.3 Å². The molecule has 0 bridgehead atoms. The van der Waals surface area contributed by atoms with Crippen LogP contribution in [-0.4, -0.2) is 17.3 Å². The van der Waals surface area contributed by atoms with Gasteiger partial charge in [0.2, 0.25) is 0 Å². The van der Waals surface area contributed by atoms with Crippen LogP contribution in [0, 0.1) is 0 Å². The molecule has 0 saturated heterocycles. The minimum absolute atomic E-state index is 0.219. The first-order chi connectivity index (χ1) is 10.2. The van der Waals surface area contributed by atoms with Gasteiger partial charge in [0, 0.05) is 6.42 Å². The number of ether oxygens (including phenoxy) is 1. The van der Waals surface area contributed by atoms with E-state index in [9.17, 15) is 9.90 Å². The van der Waals surface area contributed by atoms with Gasteiger partial charge in [-0.25, -0.2) is 4.79 Å². The highest BCUT2D eigenvalue weighted by atomic mass is 16.5. The number of amides is 1. The van der Waals surface area contributed by atoms with Crippen LogP contribution in [-0.2, 0) is 17.8 Å². The van der Waals surface area contributed by atoms with E-state index in [0.717, 1.165) is 16.7 Å². The third-order valence-corrected chi connectivity index (χ3v) is 3.69. The van der Waals surface area contributed by atoms with Crippen molar-refractivity contribution in [2.45, 2.75) is 25.2 Å². The molecule has 1 aliphatic carbocycles. The van der Waals surface area contributed by atoms with Crippen LogP contribution in [0.4, 0.5) is 4.79 Å². The van der Waals surface area contributed by atoms with Gasteiger partial charge >= 0.3 is 6.09 Å². The van der Waals surface area contributed by atoms with E-state index in [1.807, 2.05) is 54.6 Å². The van der Waals surface area contributed by atoms with E-state index in [2.05, 4.69) is 5.32 Å². The molecule has 0 spiro atoms. The smallest absolute Gasteiger partial charge is 0.408 e. The summed E-state index contributed by atoms with van der Waals surface area (Å²) in [7, 11) is 0. The summed E-state index contributed by atoms with van der Waals surface area (Å²) in [6.45, 7) is 0.219. The fourth-order valence-corrected chi connectivity index (χ4v) is 2.64. The molecule has 0 saturated carbocycles. The molecule has 2 N–H and O–H groups in total. The van der Waals surface area contributed by atoms with Gasteiger partial charge in [0.15, 0.2) is 0 Å². The Morgan fingerprint density at radius 2 is 1.86 bits per heavy atom. The molecule has 0 aliphatic heterocycles. The van der Waals surface area contributed by atoms with Crippen LogP contribution in [0.3, 0.4) is 0 Å². The molecule has 2 aromatic carbocycles. The van der Waals surface area contributed by atoms with E-state index in [-0.39, 0.29) is 6.61 Å². The topological polar surface area (TPSA) is 58.6 Å². The number of aliphatic hydroxyl groups excluding tert-OH is 1. The Kier molecular flexibility index (Phi) is 3.88. The zero-order valence-electron chi connectivity index (χ0n) is 11.5. The summed E-state index contributed by atoms with van der Waals surface area (Å²) in [4.78, 5) is 11.9. The Labute approximate surface area is 123 Å². The number of carbonyl (C=O) groups excluding carboxylic acids is 1. The molecule has 3 rings (SSSR count). The second kappa shape index (κ2) is 5.97. The molecular weight excluding hydrogens is 266 g/mol. The second-order valence-corrected chi connectivity index (χ2v) is 5.15. The minimum atomic E-state index is -0.605. The molecule has 21 heavy (non-hydrogen) atoms. The largest absolute Gasteiger partial charge is 0.445 e. The van der Waals surface area contributed by atoms with Gasteiger partial charge in [-0.1, -0.05) is 54.6 Å². The van der Waals surface area contributed by atoms with Gasteiger partial charge in [-0.15, -0.1) is 0 Å². The first-order valence-corrected chi connectivity index (χ1v) is 6.97. The lowest BCUT2D eigenvalue weighted by molar-refractivity contribution is 0.109. The van der Waals surface area contributed by atoms with E-state index >= 15 is 0 Å². The summed E-state index contributed by atoms with van der Waals surface area (Å²) in [5.41, 5.74) is 2.96. The lowest BCUT2D eigenvalue weighted by Gasteiger charge is -2.17. The Hall–Kier alpha value is -2.33. The number of rotatable bonds is 3. The van der Waals surface area contributed by atoms with Crippen molar-refractivity contribution in [3.8, 4) is 0 Å². The molecule has 1 amide bonds. The van der Waals surface area contributed by atoms with E-state index in [4.69, 9.17) is 4.74 Å². The predicted octanol–water partition coefficient (Wildman–Crippen LogP) is 2.57. The SMILES string of the molecule is O=C(N[C@@H]1c2ccccc2C[C@H]1O)OCc1ccccc1. The van der Waals surface area contributed by atoms with Crippen LogP contribution >= 0.6 is 0 Å². The summed E-state index contributed by atoms with van der Waals surface area (Å²) in [5.74, 6) is 0. The predicted molar refractivity (Wildman–Crippen MR) is 78.7 cm³/mol. The Morgan fingerprint density at radius 3 is 2.67 bits per heavy atom. The second-order valence-electron chi connectivity index (χ2n) is 5.15.